The van der Waals surface area contributed by atoms with E-state index in [1.165, 1.54) is 35.2 Å². The Morgan fingerprint density at radius 1 is 0.815 bits per heavy atom. The summed E-state index contributed by atoms with van der Waals surface area (Å²) in [4.78, 5) is 65.8. The van der Waals surface area contributed by atoms with E-state index >= 15 is 9.59 Å². The molecule has 4 aliphatic rings. The second-order valence-corrected chi connectivity index (χ2v) is 17.4. The van der Waals surface area contributed by atoms with Crippen LogP contribution in [0.1, 0.15) is 35.4 Å². The van der Waals surface area contributed by atoms with Crippen molar-refractivity contribution in [1.29, 1.82) is 0 Å². The number of hydrazine groups is 1. The maximum atomic E-state index is 15.5. The SMILES string of the molecule is O=C1C2CC3C(=CCC4C(=O)N(c5ccc(-c6nc7ccccc7o6)cc5)C(=O)C43)C(c3ccc(OCc4ccccc4)cc3O)C2(c2ccc(Cl)cc2)C(=O)N1Nc1ccc(F)cc1. The lowest BCUT2D eigenvalue weighted by Gasteiger charge is -2.50. The van der Waals surface area contributed by atoms with Crippen LogP contribution in [-0.4, -0.2) is 38.7 Å². The lowest BCUT2D eigenvalue weighted by molar-refractivity contribution is -0.138. The summed E-state index contributed by atoms with van der Waals surface area (Å²) in [6.07, 6.45) is 2.12. The van der Waals surface area contributed by atoms with Crippen molar-refractivity contribution in [2.45, 2.75) is 30.8 Å². The standard InChI is InChI=1S/C52H38ClFN4O7/c53-32-14-12-31(13-15-32)52-41(49(61)58(51(52)63)56-34-18-16-33(54)17-19-34)27-40-37(46(52)38-23-22-36(26-43(38)59)64-28-29-6-2-1-3-7-29)24-25-39-45(40)50(62)57(48(39)60)35-20-10-30(11-21-35)47-55-42-8-4-5-9-44(42)65-47/h1-24,26,39-41,45-46,56,59H,25,27-28H2. The zero-order valence-electron chi connectivity index (χ0n) is 34.4. The van der Waals surface area contributed by atoms with Crippen LogP contribution in [0.5, 0.6) is 11.5 Å². The average Bonchev–Trinajstić information content (AvgIpc) is 3.94. The van der Waals surface area contributed by atoms with E-state index in [2.05, 4.69) is 10.4 Å². The molecule has 6 atom stereocenters. The fourth-order valence-electron chi connectivity index (χ4n) is 10.6. The third-order valence-electron chi connectivity index (χ3n) is 13.5. The first-order chi connectivity index (χ1) is 31.6. The molecule has 2 N–H and O–H groups in total. The Labute approximate surface area is 376 Å². The molecule has 3 fully saturated rings. The number of rotatable bonds is 9. The number of hydrogen-bond donors (Lipinski definition) is 2. The number of aromatic nitrogens is 1. The Bertz CT molecular complexity index is 3050. The Hall–Kier alpha value is -7.57. The molecule has 3 heterocycles. The topological polar surface area (TPSA) is 142 Å². The Morgan fingerprint density at radius 2 is 1.55 bits per heavy atom. The number of fused-ring (bicyclic) bond motifs is 5. The van der Waals surface area contributed by atoms with Gasteiger partial charge >= 0.3 is 0 Å². The fraction of sp³-hybridized carbons (Fsp3) is 0.173. The highest BCUT2D eigenvalue weighted by molar-refractivity contribution is 6.30. The van der Waals surface area contributed by atoms with Crippen LogP contribution in [0.4, 0.5) is 15.8 Å². The number of halogens is 2. The van der Waals surface area contributed by atoms with Crippen LogP contribution in [0.15, 0.2) is 162 Å². The molecule has 2 saturated heterocycles. The highest BCUT2D eigenvalue weighted by Gasteiger charge is 2.70. The van der Waals surface area contributed by atoms with Gasteiger partial charge in [0.2, 0.25) is 17.7 Å². The van der Waals surface area contributed by atoms with Gasteiger partial charge in [0, 0.05) is 28.1 Å². The average molecular weight is 885 g/mol. The second-order valence-electron chi connectivity index (χ2n) is 16.9. The number of nitrogens with one attached hydrogen (secondary N) is 1. The van der Waals surface area contributed by atoms with Gasteiger partial charge < -0.3 is 14.3 Å². The first kappa shape index (κ1) is 40.2. The number of phenolic OH excluding ortho intramolecular Hbond substituents is 1. The minimum atomic E-state index is -1.68. The molecular weight excluding hydrogens is 847 g/mol. The van der Waals surface area contributed by atoms with Crippen molar-refractivity contribution in [3.63, 3.8) is 0 Å². The number of allylic oxidation sites excluding steroid dienone is 2. The summed E-state index contributed by atoms with van der Waals surface area (Å²) in [5.74, 6) is -6.33. The number of amides is 4. The number of aromatic hydroxyl groups is 1. The minimum absolute atomic E-state index is 0.0286. The van der Waals surface area contributed by atoms with Crippen LogP contribution in [-0.2, 0) is 31.2 Å². The predicted molar refractivity (Wildman–Crippen MR) is 240 cm³/mol. The van der Waals surface area contributed by atoms with Gasteiger partial charge in [0.1, 0.15) is 29.4 Å². The van der Waals surface area contributed by atoms with Crippen LogP contribution in [0.3, 0.4) is 0 Å². The van der Waals surface area contributed by atoms with E-state index in [4.69, 9.17) is 20.8 Å². The number of phenols is 1. The van der Waals surface area contributed by atoms with Gasteiger partial charge in [-0.2, -0.15) is 5.01 Å². The molecule has 65 heavy (non-hydrogen) atoms. The molecule has 6 unspecified atom stereocenters. The van der Waals surface area contributed by atoms with Gasteiger partial charge in [-0.05, 0) is 109 Å². The van der Waals surface area contributed by atoms with Crippen molar-refractivity contribution in [3.8, 4) is 23.0 Å². The van der Waals surface area contributed by atoms with E-state index in [1.54, 1.807) is 60.7 Å². The van der Waals surface area contributed by atoms with Crippen molar-refractivity contribution in [3.05, 3.63) is 185 Å². The Kier molecular flexibility index (Phi) is 9.65. The van der Waals surface area contributed by atoms with Gasteiger partial charge in [-0.25, -0.2) is 9.37 Å². The monoisotopic (exact) mass is 884 g/mol. The number of para-hydroxylation sites is 2. The molecule has 11 rings (SSSR count). The van der Waals surface area contributed by atoms with Crippen molar-refractivity contribution in [2.75, 3.05) is 10.3 Å². The van der Waals surface area contributed by atoms with Crippen molar-refractivity contribution < 1.29 is 37.8 Å². The number of oxazole rings is 1. The molecule has 6 aromatic carbocycles. The summed E-state index contributed by atoms with van der Waals surface area (Å²) >= 11 is 6.44. The number of carbonyl (C=O) groups is 4. The molecule has 322 valence electrons. The minimum Gasteiger partial charge on any atom is -0.508 e. The zero-order valence-corrected chi connectivity index (χ0v) is 35.2. The van der Waals surface area contributed by atoms with Crippen molar-refractivity contribution in [1.82, 2.24) is 9.99 Å². The molecule has 1 saturated carbocycles. The highest BCUT2D eigenvalue weighted by atomic mass is 35.5. The van der Waals surface area contributed by atoms with Gasteiger partial charge in [0.15, 0.2) is 5.58 Å². The van der Waals surface area contributed by atoms with Gasteiger partial charge in [-0.15, -0.1) is 0 Å². The largest absolute Gasteiger partial charge is 0.508 e. The lowest BCUT2D eigenvalue weighted by Crippen LogP contribution is -2.53. The summed E-state index contributed by atoms with van der Waals surface area (Å²) in [5, 5.41) is 13.5. The van der Waals surface area contributed by atoms with Crippen LogP contribution < -0.4 is 15.1 Å². The number of hydrogen-bond acceptors (Lipinski definition) is 9. The predicted octanol–water partition coefficient (Wildman–Crippen LogP) is 9.76. The maximum absolute atomic E-state index is 15.5. The smallest absolute Gasteiger partial charge is 0.260 e. The van der Waals surface area contributed by atoms with E-state index in [0.29, 0.717) is 61.4 Å². The van der Waals surface area contributed by atoms with Gasteiger partial charge in [-0.3, -0.25) is 29.5 Å². The normalized spacial score (nSPS) is 23.6. The first-order valence-electron chi connectivity index (χ1n) is 21.3. The van der Waals surface area contributed by atoms with E-state index in [9.17, 15) is 19.1 Å². The van der Waals surface area contributed by atoms with E-state index in [0.717, 1.165) is 10.6 Å². The number of benzene rings is 6. The third kappa shape index (κ3) is 6.50. The maximum Gasteiger partial charge on any atom is 0.260 e. The number of nitrogens with zero attached hydrogens (tertiary/aromatic N) is 3. The van der Waals surface area contributed by atoms with Crippen LogP contribution in [0.25, 0.3) is 22.6 Å². The number of carbonyl (C=O) groups excluding carboxylic acids is 4. The summed E-state index contributed by atoms with van der Waals surface area (Å²) in [6.45, 7) is 0.235. The summed E-state index contributed by atoms with van der Waals surface area (Å²) in [6, 6.07) is 40.8. The quantitative estimate of drug-likeness (QED) is 0.107. The van der Waals surface area contributed by atoms with Crippen LogP contribution in [0, 0.1) is 29.5 Å². The number of ether oxygens (including phenoxy) is 1. The molecule has 13 heteroatoms. The van der Waals surface area contributed by atoms with Crippen LogP contribution in [0.2, 0.25) is 5.02 Å². The summed E-state index contributed by atoms with van der Waals surface area (Å²) in [5.41, 5.74) is 6.33. The molecule has 7 aromatic rings. The summed E-state index contributed by atoms with van der Waals surface area (Å²) in [7, 11) is 0. The van der Waals surface area contributed by atoms with Gasteiger partial charge in [0.05, 0.1) is 34.5 Å². The Morgan fingerprint density at radius 3 is 2.29 bits per heavy atom. The van der Waals surface area contributed by atoms with E-state index in [-0.39, 0.29) is 31.1 Å². The molecule has 2 aliphatic carbocycles. The summed E-state index contributed by atoms with van der Waals surface area (Å²) < 4.78 is 26.1. The lowest BCUT2D eigenvalue weighted by atomic mass is 9.49. The zero-order chi connectivity index (χ0) is 44.6. The number of anilines is 2. The highest BCUT2D eigenvalue weighted by Crippen LogP contribution is 2.65. The second kappa shape index (κ2) is 15.6. The van der Waals surface area contributed by atoms with Gasteiger partial charge in [0.25, 0.3) is 11.8 Å². The molecule has 0 bridgehead atoms. The molecular formula is C52H38ClFN4O7. The number of imide groups is 2. The van der Waals surface area contributed by atoms with E-state index < -0.39 is 58.5 Å². The fourth-order valence-corrected chi connectivity index (χ4v) is 10.7. The van der Waals surface area contributed by atoms with Gasteiger partial charge in [-0.1, -0.05) is 83.9 Å². The van der Waals surface area contributed by atoms with Crippen molar-refractivity contribution in [2.24, 2.45) is 23.7 Å². The van der Waals surface area contributed by atoms with Crippen LogP contribution >= 0.6 is 11.6 Å². The molecule has 2 aliphatic heterocycles. The van der Waals surface area contributed by atoms with E-state index in [1.807, 2.05) is 60.7 Å². The Balaban J connectivity index is 1.01. The van der Waals surface area contributed by atoms with Crippen molar-refractivity contribution >= 4 is 57.7 Å². The molecule has 4 amide bonds. The molecule has 11 nitrogen and oxygen atoms in total. The molecule has 0 radical (unpaired) electrons. The first-order valence-corrected chi connectivity index (χ1v) is 21.7. The molecule has 0 spiro atoms. The third-order valence-corrected chi connectivity index (χ3v) is 13.7. The molecule has 1 aromatic heterocycles.